The maximum atomic E-state index is 11.6. The standard InChI is InChI=1S/C8H6N6O7S/c1-22(20,21)12-6-8(15)9-3-2-4(13(16)17)7(14(18)19)11-5(3)10-6/h2H,1H3,(H,9,15)(H,10,11,12). The molecule has 0 fully saturated rings. The van der Waals surface area contributed by atoms with Crippen molar-refractivity contribution in [2.75, 3.05) is 11.0 Å². The molecule has 0 unspecified atom stereocenters. The van der Waals surface area contributed by atoms with Gasteiger partial charge in [0.05, 0.1) is 17.2 Å². The average molecular weight is 330 g/mol. The molecule has 22 heavy (non-hydrogen) atoms. The molecule has 2 aromatic heterocycles. The Balaban J connectivity index is 2.77. The lowest BCUT2D eigenvalue weighted by Gasteiger charge is -2.02. The number of rotatable bonds is 4. The zero-order valence-corrected chi connectivity index (χ0v) is 11.4. The maximum absolute atomic E-state index is 11.6. The van der Waals surface area contributed by atoms with Crippen molar-refractivity contribution in [3.63, 3.8) is 0 Å². The third-order valence-corrected chi connectivity index (χ3v) is 2.86. The second kappa shape index (κ2) is 4.99. The summed E-state index contributed by atoms with van der Waals surface area (Å²) in [6.45, 7) is 0. The van der Waals surface area contributed by atoms with Crippen LogP contribution >= 0.6 is 0 Å². The summed E-state index contributed by atoms with van der Waals surface area (Å²) in [6.07, 6.45) is 0.768. The summed E-state index contributed by atoms with van der Waals surface area (Å²) in [5, 5.41) is 21.5. The Morgan fingerprint density at radius 2 is 1.86 bits per heavy atom. The van der Waals surface area contributed by atoms with E-state index in [-0.39, 0.29) is 5.52 Å². The van der Waals surface area contributed by atoms with Crippen molar-refractivity contribution in [1.29, 1.82) is 0 Å². The molecule has 0 saturated heterocycles. The number of nitrogens with one attached hydrogen (secondary N) is 2. The van der Waals surface area contributed by atoms with Crippen LogP contribution in [0.3, 0.4) is 0 Å². The third kappa shape index (κ3) is 2.95. The largest absolute Gasteiger partial charge is 0.444 e. The van der Waals surface area contributed by atoms with Gasteiger partial charge in [0, 0.05) is 0 Å². The number of hydrogen-bond acceptors (Lipinski definition) is 9. The normalized spacial score (nSPS) is 11.3. The lowest BCUT2D eigenvalue weighted by Crippen LogP contribution is -2.21. The molecule has 0 amide bonds. The molecule has 0 aromatic carbocycles. The van der Waals surface area contributed by atoms with Gasteiger partial charge in [-0.2, -0.15) is 4.98 Å². The fraction of sp³-hybridized carbons (Fsp3) is 0.125. The first-order valence-corrected chi connectivity index (χ1v) is 7.19. The Bertz CT molecular complexity index is 965. The third-order valence-electron chi connectivity index (χ3n) is 2.30. The molecule has 13 nitrogen and oxygen atoms in total. The Morgan fingerprint density at radius 3 is 2.36 bits per heavy atom. The Morgan fingerprint density at radius 1 is 1.23 bits per heavy atom. The van der Waals surface area contributed by atoms with Crippen molar-refractivity contribution in [2.24, 2.45) is 0 Å². The van der Waals surface area contributed by atoms with Crippen LogP contribution in [0.1, 0.15) is 0 Å². The minimum absolute atomic E-state index is 0.249. The Kier molecular flexibility index (Phi) is 3.46. The first kappa shape index (κ1) is 15.2. The van der Waals surface area contributed by atoms with E-state index < -0.39 is 48.4 Å². The summed E-state index contributed by atoms with van der Waals surface area (Å²) in [6, 6.07) is 0.721. The number of pyridine rings is 1. The van der Waals surface area contributed by atoms with Crippen molar-refractivity contribution in [3.05, 3.63) is 36.6 Å². The zero-order valence-electron chi connectivity index (χ0n) is 10.6. The predicted octanol–water partition coefficient (Wildman–Crippen LogP) is -0.494. The van der Waals surface area contributed by atoms with Crippen LogP contribution in [0.5, 0.6) is 0 Å². The summed E-state index contributed by atoms with van der Waals surface area (Å²) in [5.41, 5.74) is -2.59. The number of nitrogens with zero attached hydrogens (tertiary/aromatic N) is 4. The van der Waals surface area contributed by atoms with Crippen LogP contribution in [0.2, 0.25) is 0 Å². The van der Waals surface area contributed by atoms with Crippen molar-refractivity contribution >= 4 is 38.5 Å². The van der Waals surface area contributed by atoms with Gasteiger partial charge in [-0.1, -0.05) is 0 Å². The topological polar surface area (TPSA) is 191 Å². The van der Waals surface area contributed by atoms with Crippen molar-refractivity contribution in [1.82, 2.24) is 15.0 Å². The van der Waals surface area contributed by atoms with Gasteiger partial charge < -0.3 is 15.1 Å². The van der Waals surface area contributed by atoms with Crippen LogP contribution in [-0.4, -0.2) is 39.5 Å². The van der Waals surface area contributed by atoms with E-state index in [9.17, 15) is 33.4 Å². The van der Waals surface area contributed by atoms with E-state index in [0.29, 0.717) is 0 Å². The van der Waals surface area contributed by atoms with E-state index in [1.807, 2.05) is 0 Å². The molecule has 0 aliphatic carbocycles. The highest BCUT2D eigenvalue weighted by molar-refractivity contribution is 7.92. The number of anilines is 1. The summed E-state index contributed by atoms with van der Waals surface area (Å²) in [7, 11) is -3.82. The number of H-pyrrole nitrogens is 1. The Hall–Kier alpha value is -3.16. The van der Waals surface area contributed by atoms with Crippen molar-refractivity contribution in [3.8, 4) is 0 Å². The van der Waals surface area contributed by atoms with Gasteiger partial charge in [0.1, 0.15) is 5.52 Å². The van der Waals surface area contributed by atoms with Crippen LogP contribution < -0.4 is 10.3 Å². The minimum atomic E-state index is -3.82. The quantitative estimate of drug-likeness (QED) is 0.549. The second-order valence-corrected chi connectivity index (χ2v) is 5.75. The molecule has 0 aliphatic heterocycles. The molecular formula is C8H6N6O7S. The van der Waals surface area contributed by atoms with Gasteiger partial charge in [0.2, 0.25) is 15.8 Å². The fourth-order valence-electron chi connectivity index (χ4n) is 1.51. The molecule has 2 heterocycles. The van der Waals surface area contributed by atoms with Gasteiger partial charge in [-0.05, 0) is 9.91 Å². The smallest absolute Gasteiger partial charge is 0.358 e. The fourth-order valence-corrected chi connectivity index (χ4v) is 2.00. The van der Waals surface area contributed by atoms with E-state index in [1.165, 1.54) is 0 Å². The van der Waals surface area contributed by atoms with Crippen LogP contribution in [0, 0.1) is 20.2 Å². The molecule has 2 aromatic rings. The highest BCUT2D eigenvalue weighted by atomic mass is 32.2. The van der Waals surface area contributed by atoms with Crippen LogP contribution in [0.25, 0.3) is 11.2 Å². The molecule has 0 atom stereocenters. The molecule has 0 aliphatic rings. The lowest BCUT2D eigenvalue weighted by atomic mass is 10.3. The average Bonchev–Trinajstić information content (AvgIpc) is 2.36. The van der Waals surface area contributed by atoms with Crippen molar-refractivity contribution in [2.45, 2.75) is 0 Å². The van der Waals surface area contributed by atoms with E-state index in [1.54, 1.807) is 4.72 Å². The lowest BCUT2D eigenvalue weighted by molar-refractivity contribution is -0.425. The molecule has 0 bridgehead atoms. The van der Waals surface area contributed by atoms with Crippen LogP contribution in [0.4, 0.5) is 17.3 Å². The number of aromatic amines is 1. The van der Waals surface area contributed by atoms with Gasteiger partial charge >= 0.3 is 11.5 Å². The van der Waals surface area contributed by atoms with Crippen LogP contribution in [0.15, 0.2) is 10.9 Å². The number of fused-ring (bicyclic) bond motifs is 1. The van der Waals surface area contributed by atoms with Gasteiger partial charge in [-0.25, -0.2) is 8.42 Å². The molecule has 0 radical (unpaired) electrons. The molecule has 14 heteroatoms. The zero-order chi connectivity index (χ0) is 16.7. The molecule has 0 saturated carbocycles. The van der Waals surface area contributed by atoms with Crippen molar-refractivity contribution < 1.29 is 18.3 Å². The monoisotopic (exact) mass is 330 g/mol. The minimum Gasteiger partial charge on any atom is -0.358 e. The first-order chi connectivity index (χ1) is 10.1. The predicted molar refractivity (Wildman–Crippen MR) is 71.9 cm³/mol. The molecular weight excluding hydrogens is 324 g/mol. The number of aromatic nitrogens is 3. The molecule has 2 N–H and O–H groups in total. The van der Waals surface area contributed by atoms with Crippen LogP contribution in [-0.2, 0) is 10.0 Å². The molecule has 116 valence electrons. The number of hydrogen-bond donors (Lipinski definition) is 2. The highest BCUT2D eigenvalue weighted by Crippen LogP contribution is 2.26. The highest BCUT2D eigenvalue weighted by Gasteiger charge is 2.29. The number of sulfonamides is 1. The second-order valence-electron chi connectivity index (χ2n) is 4.01. The maximum Gasteiger partial charge on any atom is 0.444 e. The van der Waals surface area contributed by atoms with E-state index in [2.05, 4.69) is 15.0 Å². The Labute approximate surface area is 120 Å². The van der Waals surface area contributed by atoms with E-state index >= 15 is 0 Å². The van der Waals surface area contributed by atoms with Gasteiger partial charge in [-0.15, -0.1) is 0 Å². The molecule has 2 rings (SSSR count). The first-order valence-electron chi connectivity index (χ1n) is 5.30. The SMILES string of the molecule is CS(=O)(=O)Nc1nc2nc([N+](=O)[O-])c([N+](=O)[O-])cc2[nH]c1=O. The summed E-state index contributed by atoms with van der Waals surface area (Å²) in [5.74, 6) is -1.74. The summed E-state index contributed by atoms with van der Waals surface area (Å²) < 4.78 is 24.0. The van der Waals surface area contributed by atoms with E-state index in [0.717, 1.165) is 12.3 Å². The van der Waals surface area contributed by atoms with Gasteiger partial charge in [0.25, 0.3) is 11.2 Å². The summed E-state index contributed by atoms with van der Waals surface area (Å²) >= 11 is 0. The van der Waals surface area contributed by atoms with E-state index in [4.69, 9.17) is 0 Å². The number of nitro groups is 2. The van der Waals surface area contributed by atoms with Gasteiger partial charge in [0.15, 0.2) is 0 Å². The molecule has 0 spiro atoms. The van der Waals surface area contributed by atoms with Gasteiger partial charge in [-0.3, -0.25) is 19.6 Å². The summed E-state index contributed by atoms with van der Waals surface area (Å²) in [4.78, 5) is 40.1.